The van der Waals surface area contributed by atoms with Crippen molar-refractivity contribution in [3.63, 3.8) is 0 Å². The van der Waals surface area contributed by atoms with Crippen LogP contribution in [0, 0.1) is 0 Å². The minimum absolute atomic E-state index is 0.217. The fraction of sp³-hybridized carbons (Fsp3) is 0.0526. The highest BCUT2D eigenvalue weighted by atomic mass is 35.5. The van der Waals surface area contributed by atoms with Crippen molar-refractivity contribution in [3.05, 3.63) is 82.0 Å². The molecule has 0 aromatic heterocycles. The molecular weight excluding hydrogens is 326 g/mol. The average Bonchev–Trinajstić information content (AvgIpc) is 2.96. The SMILES string of the molecule is O=C1OC(c2ccccc2Cl)=NC1=CC1=Cc2ccccc2OC1. The Balaban J connectivity index is 1.67. The summed E-state index contributed by atoms with van der Waals surface area (Å²) >= 11 is 6.12. The van der Waals surface area contributed by atoms with Crippen LogP contribution in [0.2, 0.25) is 5.02 Å². The van der Waals surface area contributed by atoms with E-state index in [1.54, 1.807) is 18.2 Å². The first kappa shape index (κ1) is 14.7. The number of rotatable bonds is 2. The number of aliphatic imine (C=N–C) groups is 1. The molecule has 0 saturated carbocycles. The van der Waals surface area contributed by atoms with Crippen LogP contribution in [0.1, 0.15) is 11.1 Å². The van der Waals surface area contributed by atoms with E-state index >= 15 is 0 Å². The van der Waals surface area contributed by atoms with Crippen molar-refractivity contribution >= 4 is 29.5 Å². The van der Waals surface area contributed by atoms with E-state index in [4.69, 9.17) is 21.1 Å². The Morgan fingerprint density at radius 1 is 1.08 bits per heavy atom. The fourth-order valence-electron chi connectivity index (χ4n) is 2.55. The highest BCUT2D eigenvalue weighted by molar-refractivity contribution is 6.34. The quantitative estimate of drug-likeness (QED) is 0.614. The van der Waals surface area contributed by atoms with Crippen LogP contribution in [-0.4, -0.2) is 18.5 Å². The number of hydrogen-bond acceptors (Lipinski definition) is 4. The molecule has 0 bridgehead atoms. The average molecular weight is 338 g/mol. The predicted molar refractivity (Wildman–Crippen MR) is 92.1 cm³/mol. The minimum atomic E-state index is -0.496. The van der Waals surface area contributed by atoms with Gasteiger partial charge in [0.25, 0.3) is 0 Å². The Morgan fingerprint density at radius 2 is 1.88 bits per heavy atom. The Morgan fingerprint density at radius 3 is 2.75 bits per heavy atom. The summed E-state index contributed by atoms with van der Waals surface area (Å²) in [4.78, 5) is 16.3. The van der Waals surface area contributed by atoms with Gasteiger partial charge in [0.1, 0.15) is 12.4 Å². The number of carbonyl (C=O) groups is 1. The molecule has 0 N–H and O–H groups in total. The second-order valence-electron chi connectivity index (χ2n) is 5.36. The largest absolute Gasteiger partial charge is 0.488 e. The molecule has 0 saturated heterocycles. The van der Waals surface area contributed by atoms with E-state index < -0.39 is 5.97 Å². The third-order valence-electron chi connectivity index (χ3n) is 3.70. The molecule has 0 aliphatic carbocycles. The summed E-state index contributed by atoms with van der Waals surface area (Å²) in [7, 11) is 0. The Hall–Kier alpha value is -2.85. The van der Waals surface area contributed by atoms with Crippen molar-refractivity contribution in [1.82, 2.24) is 0 Å². The summed E-state index contributed by atoms with van der Waals surface area (Å²) in [5.41, 5.74) is 2.65. The molecule has 2 aromatic carbocycles. The van der Waals surface area contributed by atoms with E-state index in [1.807, 2.05) is 42.5 Å². The van der Waals surface area contributed by atoms with Crippen molar-refractivity contribution < 1.29 is 14.3 Å². The Kier molecular flexibility index (Phi) is 3.67. The zero-order valence-corrected chi connectivity index (χ0v) is 13.3. The van der Waals surface area contributed by atoms with Crippen molar-refractivity contribution in [2.75, 3.05) is 6.61 Å². The van der Waals surface area contributed by atoms with Crippen molar-refractivity contribution in [2.45, 2.75) is 0 Å². The highest BCUT2D eigenvalue weighted by Crippen LogP contribution is 2.28. The van der Waals surface area contributed by atoms with Gasteiger partial charge in [-0.25, -0.2) is 9.79 Å². The number of esters is 1. The second kappa shape index (κ2) is 5.98. The molecule has 0 fully saturated rings. The number of benzene rings is 2. The summed E-state index contributed by atoms with van der Waals surface area (Å²) in [6.07, 6.45) is 3.66. The molecule has 118 valence electrons. The highest BCUT2D eigenvalue weighted by Gasteiger charge is 2.26. The summed E-state index contributed by atoms with van der Waals surface area (Å²) in [6.45, 7) is 0.380. The molecule has 24 heavy (non-hydrogen) atoms. The zero-order chi connectivity index (χ0) is 16.5. The van der Waals surface area contributed by atoms with Gasteiger partial charge in [0, 0.05) is 5.56 Å². The molecule has 0 radical (unpaired) electrons. The van der Waals surface area contributed by atoms with Gasteiger partial charge in [-0.15, -0.1) is 0 Å². The molecule has 0 atom stereocenters. The molecule has 0 unspecified atom stereocenters. The lowest BCUT2D eigenvalue weighted by atomic mass is 10.1. The fourth-order valence-corrected chi connectivity index (χ4v) is 2.77. The Labute approximate surface area is 143 Å². The van der Waals surface area contributed by atoms with Gasteiger partial charge >= 0.3 is 5.97 Å². The number of nitrogens with zero attached hydrogens (tertiary/aromatic N) is 1. The van der Waals surface area contributed by atoms with Crippen molar-refractivity contribution in [2.24, 2.45) is 4.99 Å². The van der Waals surface area contributed by atoms with Crippen LogP contribution in [0.3, 0.4) is 0 Å². The first-order valence-corrected chi connectivity index (χ1v) is 7.78. The third kappa shape index (κ3) is 2.72. The maximum atomic E-state index is 12.1. The van der Waals surface area contributed by atoms with Gasteiger partial charge in [-0.3, -0.25) is 0 Å². The zero-order valence-electron chi connectivity index (χ0n) is 12.5. The number of carbonyl (C=O) groups excluding carboxylic acids is 1. The minimum Gasteiger partial charge on any atom is -0.488 e. The van der Waals surface area contributed by atoms with Gasteiger partial charge in [0.15, 0.2) is 5.70 Å². The maximum absolute atomic E-state index is 12.1. The monoisotopic (exact) mass is 337 g/mol. The third-order valence-corrected chi connectivity index (χ3v) is 4.03. The number of halogens is 1. The molecular formula is C19H12ClNO3. The summed E-state index contributed by atoms with van der Waals surface area (Å²) in [5.74, 6) is 0.549. The van der Waals surface area contributed by atoms with Gasteiger partial charge in [0.2, 0.25) is 5.90 Å². The lowest BCUT2D eigenvalue weighted by Gasteiger charge is -2.15. The van der Waals surface area contributed by atoms with Crippen molar-refractivity contribution in [1.29, 1.82) is 0 Å². The topological polar surface area (TPSA) is 47.9 Å². The lowest BCUT2D eigenvalue weighted by molar-refractivity contribution is -0.130. The van der Waals surface area contributed by atoms with E-state index in [2.05, 4.69) is 4.99 Å². The molecule has 2 aliphatic rings. The van der Waals surface area contributed by atoms with Gasteiger partial charge in [0.05, 0.1) is 10.6 Å². The van der Waals surface area contributed by atoms with Crippen LogP contribution < -0.4 is 4.74 Å². The molecule has 4 rings (SSSR count). The van der Waals surface area contributed by atoms with Crippen LogP contribution in [0.15, 0.2) is 70.9 Å². The molecule has 2 aliphatic heterocycles. The molecule has 2 heterocycles. The van der Waals surface area contributed by atoms with Gasteiger partial charge in [-0.1, -0.05) is 41.9 Å². The first-order chi connectivity index (χ1) is 11.7. The molecule has 4 nitrogen and oxygen atoms in total. The maximum Gasteiger partial charge on any atom is 0.363 e. The number of para-hydroxylation sites is 1. The van der Waals surface area contributed by atoms with E-state index in [1.165, 1.54) is 0 Å². The molecule has 0 spiro atoms. The van der Waals surface area contributed by atoms with Gasteiger partial charge in [-0.05, 0) is 35.9 Å². The lowest BCUT2D eigenvalue weighted by Crippen LogP contribution is -2.08. The van der Waals surface area contributed by atoms with E-state index in [0.29, 0.717) is 17.2 Å². The van der Waals surface area contributed by atoms with Crippen molar-refractivity contribution in [3.8, 4) is 5.75 Å². The number of ether oxygens (including phenoxy) is 2. The van der Waals surface area contributed by atoms with Crippen LogP contribution >= 0.6 is 11.6 Å². The smallest absolute Gasteiger partial charge is 0.363 e. The number of cyclic esters (lactones) is 1. The number of fused-ring (bicyclic) bond motifs is 1. The van der Waals surface area contributed by atoms with Crippen LogP contribution in [0.5, 0.6) is 5.75 Å². The molecule has 5 heteroatoms. The van der Waals surface area contributed by atoms with Crippen LogP contribution in [0.4, 0.5) is 0 Å². The van der Waals surface area contributed by atoms with Gasteiger partial charge in [-0.2, -0.15) is 0 Å². The molecule has 2 aromatic rings. The normalized spacial score (nSPS) is 17.7. The van der Waals surface area contributed by atoms with E-state index in [-0.39, 0.29) is 11.6 Å². The first-order valence-electron chi connectivity index (χ1n) is 7.40. The van der Waals surface area contributed by atoms with Crippen LogP contribution in [0.25, 0.3) is 6.08 Å². The van der Waals surface area contributed by atoms with E-state index in [9.17, 15) is 4.79 Å². The standard InChI is InChI=1S/C19H12ClNO3/c20-15-7-3-2-6-14(15)18-21-16(19(22)24-18)10-12-9-13-5-1-4-8-17(13)23-11-12/h1-10H,11H2. The molecule has 0 amide bonds. The van der Waals surface area contributed by atoms with Crippen LogP contribution in [-0.2, 0) is 9.53 Å². The van der Waals surface area contributed by atoms with Gasteiger partial charge < -0.3 is 9.47 Å². The van der Waals surface area contributed by atoms with E-state index in [0.717, 1.165) is 16.9 Å². The Bertz CT molecular complexity index is 928. The predicted octanol–water partition coefficient (Wildman–Crippen LogP) is 4.00. The summed E-state index contributed by atoms with van der Waals surface area (Å²) in [6, 6.07) is 14.8. The summed E-state index contributed by atoms with van der Waals surface area (Å²) < 4.78 is 10.9. The second-order valence-corrected chi connectivity index (χ2v) is 5.77. The number of hydrogen-bond donors (Lipinski definition) is 0. The summed E-state index contributed by atoms with van der Waals surface area (Å²) in [5, 5.41) is 0.486.